The fourth-order valence-corrected chi connectivity index (χ4v) is 5.17. The lowest BCUT2D eigenvalue weighted by atomic mass is 10.2. The Bertz CT molecular complexity index is 617. The standard InChI is InChI=1S/C14H22N2O3S2/c1-9-7-12(19-2)14(8-10(9)15)21(17,18)16-11-5-4-6-13(11)20-3/h7-8,11,13,16H,4-6,15H2,1-3H3. The summed E-state index contributed by atoms with van der Waals surface area (Å²) in [6.45, 7) is 1.82. The molecule has 0 bridgehead atoms. The molecule has 0 saturated heterocycles. The molecule has 0 heterocycles. The highest BCUT2D eigenvalue weighted by Crippen LogP contribution is 2.32. The van der Waals surface area contributed by atoms with Crippen LogP contribution in [0, 0.1) is 6.92 Å². The summed E-state index contributed by atoms with van der Waals surface area (Å²) in [5.41, 5.74) is 7.10. The largest absolute Gasteiger partial charge is 0.495 e. The van der Waals surface area contributed by atoms with Gasteiger partial charge in [-0.1, -0.05) is 6.42 Å². The van der Waals surface area contributed by atoms with Crippen molar-refractivity contribution >= 4 is 27.5 Å². The number of methoxy groups -OCH3 is 1. The van der Waals surface area contributed by atoms with Crippen molar-refractivity contribution in [3.63, 3.8) is 0 Å². The van der Waals surface area contributed by atoms with E-state index in [2.05, 4.69) is 4.72 Å². The van der Waals surface area contributed by atoms with E-state index in [-0.39, 0.29) is 10.9 Å². The molecule has 1 aliphatic carbocycles. The first-order valence-electron chi connectivity index (χ1n) is 6.88. The molecule has 118 valence electrons. The Morgan fingerprint density at radius 1 is 1.38 bits per heavy atom. The molecule has 2 rings (SSSR count). The number of rotatable bonds is 5. The summed E-state index contributed by atoms with van der Waals surface area (Å²) in [5.74, 6) is 0.327. The lowest BCUT2D eigenvalue weighted by Crippen LogP contribution is -2.38. The number of benzene rings is 1. The molecule has 1 aliphatic rings. The highest BCUT2D eigenvalue weighted by Gasteiger charge is 2.32. The number of thioether (sulfide) groups is 1. The third kappa shape index (κ3) is 3.46. The SMILES string of the molecule is COc1cc(C)c(N)cc1S(=O)(=O)NC1CCCC1SC. The van der Waals surface area contributed by atoms with Crippen molar-refractivity contribution in [3.8, 4) is 5.75 Å². The molecule has 5 nitrogen and oxygen atoms in total. The van der Waals surface area contributed by atoms with E-state index in [4.69, 9.17) is 10.5 Å². The molecule has 7 heteroatoms. The van der Waals surface area contributed by atoms with Crippen molar-refractivity contribution in [2.24, 2.45) is 0 Å². The number of sulfonamides is 1. The second-order valence-corrected chi connectivity index (χ2v) is 8.05. The Morgan fingerprint density at radius 2 is 2.10 bits per heavy atom. The van der Waals surface area contributed by atoms with Gasteiger partial charge in [0.2, 0.25) is 10.0 Å². The van der Waals surface area contributed by atoms with Crippen molar-refractivity contribution < 1.29 is 13.2 Å². The lowest BCUT2D eigenvalue weighted by Gasteiger charge is -2.20. The van der Waals surface area contributed by atoms with Crippen molar-refractivity contribution in [2.75, 3.05) is 19.1 Å². The van der Waals surface area contributed by atoms with Crippen LogP contribution < -0.4 is 15.2 Å². The third-order valence-corrected chi connectivity index (χ3v) is 6.58. The van der Waals surface area contributed by atoms with Crippen LogP contribution in [0.1, 0.15) is 24.8 Å². The van der Waals surface area contributed by atoms with Gasteiger partial charge in [0.1, 0.15) is 10.6 Å². The molecular weight excluding hydrogens is 308 g/mol. The number of ether oxygens (including phenoxy) is 1. The zero-order chi connectivity index (χ0) is 15.6. The molecule has 2 atom stereocenters. The normalized spacial score (nSPS) is 22.4. The summed E-state index contributed by atoms with van der Waals surface area (Å²) in [5, 5.41) is 0.327. The summed E-state index contributed by atoms with van der Waals surface area (Å²) < 4.78 is 33.3. The van der Waals surface area contributed by atoms with E-state index >= 15 is 0 Å². The maximum Gasteiger partial charge on any atom is 0.244 e. The second-order valence-electron chi connectivity index (χ2n) is 5.29. The number of nitrogens with two attached hydrogens (primary N) is 1. The Morgan fingerprint density at radius 3 is 2.71 bits per heavy atom. The van der Waals surface area contributed by atoms with Gasteiger partial charge in [-0.3, -0.25) is 0 Å². The Hall–Kier alpha value is -0.920. The molecule has 0 spiro atoms. The molecule has 1 aromatic rings. The van der Waals surface area contributed by atoms with Gasteiger partial charge in [0, 0.05) is 17.0 Å². The molecule has 0 aliphatic heterocycles. The molecule has 2 unspecified atom stereocenters. The van der Waals surface area contributed by atoms with Crippen LogP contribution in [-0.4, -0.2) is 33.1 Å². The first-order chi connectivity index (χ1) is 9.89. The molecular formula is C14H22N2O3S2. The van der Waals surface area contributed by atoms with Crippen LogP contribution in [0.2, 0.25) is 0 Å². The van der Waals surface area contributed by atoms with Crippen molar-refractivity contribution in [1.29, 1.82) is 0 Å². The van der Waals surface area contributed by atoms with Gasteiger partial charge in [0.15, 0.2) is 0 Å². The predicted octanol–water partition coefficient (Wildman–Crippen LogP) is 2.15. The monoisotopic (exact) mass is 330 g/mol. The summed E-state index contributed by atoms with van der Waals surface area (Å²) in [4.78, 5) is 0.111. The molecule has 3 N–H and O–H groups in total. The van der Waals surface area contributed by atoms with Gasteiger partial charge < -0.3 is 10.5 Å². The van der Waals surface area contributed by atoms with Crippen LogP contribution in [0.3, 0.4) is 0 Å². The lowest BCUT2D eigenvalue weighted by molar-refractivity contribution is 0.401. The van der Waals surface area contributed by atoms with Crippen molar-refractivity contribution in [2.45, 2.75) is 42.4 Å². The van der Waals surface area contributed by atoms with E-state index < -0.39 is 10.0 Å². The van der Waals surface area contributed by atoms with Gasteiger partial charge in [-0.05, 0) is 43.7 Å². The zero-order valence-corrected chi connectivity index (χ0v) is 14.2. The van der Waals surface area contributed by atoms with Crippen LogP contribution in [0.25, 0.3) is 0 Å². The van der Waals surface area contributed by atoms with Crippen molar-refractivity contribution in [3.05, 3.63) is 17.7 Å². The Balaban J connectivity index is 2.33. The minimum atomic E-state index is -3.64. The fraction of sp³-hybridized carbons (Fsp3) is 0.571. The molecule has 1 fully saturated rings. The van der Waals surface area contributed by atoms with Crippen LogP contribution in [0.4, 0.5) is 5.69 Å². The van der Waals surface area contributed by atoms with E-state index in [9.17, 15) is 8.42 Å². The maximum absolute atomic E-state index is 12.6. The summed E-state index contributed by atoms with van der Waals surface area (Å²) >= 11 is 1.71. The van der Waals surface area contributed by atoms with Gasteiger partial charge in [0.05, 0.1) is 7.11 Å². The fourth-order valence-electron chi connectivity index (χ4n) is 2.65. The average Bonchev–Trinajstić information content (AvgIpc) is 2.87. The zero-order valence-electron chi connectivity index (χ0n) is 12.5. The van der Waals surface area contributed by atoms with E-state index in [0.29, 0.717) is 16.7 Å². The number of hydrogen-bond donors (Lipinski definition) is 2. The van der Waals surface area contributed by atoms with Crippen LogP contribution in [0.15, 0.2) is 17.0 Å². The van der Waals surface area contributed by atoms with Gasteiger partial charge >= 0.3 is 0 Å². The van der Waals surface area contributed by atoms with Crippen LogP contribution in [-0.2, 0) is 10.0 Å². The third-order valence-electron chi connectivity index (χ3n) is 3.90. The molecule has 1 saturated carbocycles. The molecule has 0 radical (unpaired) electrons. The number of nitrogen functional groups attached to an aromatic ring is 1. The summed E-state index contributed by atoms with van der Waals surface area (Å²) in [6.07, 6.45) is 4.98. The predicted molar refractivity (Wildman–Crippen MR) is 87.4 cm³/mol. The topological polar surface area (TPSA) is 81.4 Å². The highest BCUT2D eigenvalue weighted by molar-refractivity contribution is 7.99. The van der Waals surface area contributed by atoms with Gasteiger partial charge in [-0.25, -0.2) is 13.1 Å². The average molecular weight is 330 g/mol. The minimum absolute atomic E-state index is 0.0303. The summed E-state index contributed by atoms with van der Waals surface area (Å²) in [7, 11) is -2.17. The number of nitrogens with one attached hydrogen (secondary N) is 1. The number of aryl methyl sites for hydroxylation is 1. The van der Waals surface area contributed by atoms with E-state index in [1.54, 1.807) is 17.8 Å². The highest BCUT2D eigenvalue weighted by atomic mass is 32.2. The maximum atomic E-state index is 12.6. The first kappa shape index (κ1) is 16.5. The minimum Gasteiger partial charge on any atom is -0.495 e. The van der Waals surface area contributed by atoms with Gasteiger partial charge in [-0.15, -0.1) is 0 Å². The molecule has 0 aromatic heterocycles. The van der Waals surface area contributed by atoms with Gasteiger partial charge in [0.25, 0.3) is 0 Å². The molecule has 0 amide bonds. The second kappa shape index (κ2) is 6.46. The smallest absolute Gasteiger partial charge is 0.244 e. The van der Waals surface area contributed by atoms with Gasteiger partial charge in [-0.2, -0.15) is 11.8 Å². The van der Waals surface area contributed by atoms with E-state index in [1.807, 2.05) is 13.2 Å². The Labute approximate surface area is 130 Å². The van der Waals surface area contributed by atoms with E-state index in [0.717, 1.165) is 24.8 Å². The number of anilines is 1. The molecule has 21 heavy (non-hydrogen) atoms. The number of hydrogen-bond acceptors (Lipinski definition) is 5. The summed E-state index contributed by atoms with van der Waals surface area (Å²) in [6, 6.07) is 3.10. The van der Waals surface area contributed by atoms with Crippen molar-refractivity contribution in [1.82, 2.24) is 4.72 Å². The Kier molecular flexibility index (Phi) is 5.06. The molecule has 1 aromatic carbocycles. The van der Waals surface area contributed by atoms with Crippen LogP contribution in [0.5, 0.6) is 5.75 Å². The quantitative estimate of drug-likeness (QED) is 0.809. The first-order valence-corrected chi connectivity index (χ1v) is 9.65. The van der Waals surface area contributed by atoms with Crippen LogP contribution >= 0.6 is 11.8 Å². The van der Waals surface area contributed by atoms with E-state index in [1.165, 1.54) is 13.2 Å².